The number of alkyl halides is 3. The predicted molar refractivity (Wildman–Crippen MR) is 88.1 cm³/mol. The van der Waals surface area contributed by atoms with Crippen molar-refractivity contribution in [3.8, 4) is 0 Å². The minimum atomic E-state index is -4.43. The summed E-state index contributed by atoms with van der Waals surface area (Å²) in [6.07, 6.45) is -0.346. The normalized spacial score (nSPS) is 26.6. The van der Waals surface area contributed by atoms with Crippen molar-refractivity contribution in [1.29, 1.82) is 0 Å². The van der Waals surface area contributed by atoms with Gasteiger partial charge in [-0.15, -0.1) is 23.7 Å². The van der Waals surface area contributed by atoms with Crippen LogP contribution in [0.1, 0.15) is 36.4 Å². The molecule has 1 aromatic heterocycles. The molecule has 1 aliphatic heterocycles. The highest BCUT2D eigenvalue weighted by molar-refractivity contribution is 7.09. The fourth-order valence-electron chi connectivity index (χ4n) is 3.84. The summed E-state index contributed by atoms with van der Waals surface area (Å²) in [5.41, 5.74) is -1.26. The van der Waals surface area contributed by atoms with Crippen LogP contribution < -0.4 is 5.32 Å². The molecule has 1 amide bonds. The number of carbonyl (C=O) groups is 1. The van der Waals surface area contributed by atoms with Crippen molar-refractivity contribution >= 4 is 29.7 Å². The largest absolute Gasteiger partial charge is 0.434 e. The molecule has 0 radical (unpaired) electrons. The summed E-state index contributed by atoms with van der Waals surface area (Å²) >= 11 is 0.951. The van der Waals surface area contributed by atoms with Crippen molar-refractivity contribution in [2.75, 3.05) is 20.1 Å². The van der Waals surface area contributed by atoms with E-state index in [0.29, 0.717) is 17.5 Å². The highest BCUT2D eigenvalue weighted by Crippen LogP contribution is 2.45. The quantitative estimate of drug-likeness (QED) is 0.870. The molecule has 2 atom stereocenters. The molecule has 4 nitrogen and oxygen atoms in total. The van der Waals surface area contributed by atoms with E-state index in [1.165, 1.54) is 0 Å². The first kappa shape index (κ1) is 19.5. The van der Waals surface area contributed by atoms with Crippen LogP contribution >= 0.6 is 23.7 Å². The van der Waals surface area contributed by atoms with Crippen LogP contribution in [0, 0.1) is 11.3 Å². The second-order valence-electron chi connectivity index (χ2n) is 6.52. The van der Waals surface area contributed by atoms with Gasteiger partial charge in [0.1, 0.15) is 5.01 Å². The molecule has 1 saturated heterocycles. The van der Waals surface area contributed by atoms with Gasteiger partial charge < -0.3 is 10.2 Å². The number of rotatable bonds is 3. The molecular weight excluding hydrogens is 363 g/mol. The monoisotopic (exact) mass is 383 g/mol. The van der Waals surface area contributed by atoms with Gasteiger partial charge in [-0.05, 0) is 25.3 Å². The molecule has 0 spiro atoms. The van der Waals surface area contributed by atoms with Gasteiger partial charge in [0.2, 0.25) is 5.91 Å². The Labute approximate surface area is 149 Å². The molecule has 1 aliphatic carbocycles. The smallest absolute Gasteiger partial charge is 0.338 e. The Balaban J connectivity index is 0.00000208. The summed E-state index contributed by atoms with van der Waals surface area (Å²) in [7, 11) is 1.66. The number of hydrogen-bond donors (Lipinski definition) is 1. The van der Waals surface area contributed by atoms with Gasteiger partial charge in [0, 0.05) is 19.0 Å². The molecule has 0 unspecified atom stereocenters. The first-order chi connectivity index (χ1) is 10.8. The zero-order valence-corrected chi connectivity index (χ0v) is 15.0. The second kappa shape index (κ2) is 7.17. The Morgan fingerprint density at radius 1 is 1.50 bits per heavy atom. The molecule has 1 aromatic rings. The number of carbonyl (C=O) groups excluding carboxylic acids is 1. The molecule has 24 heavy (non-hydrogen) atoms. The van der Waals surface area contributed by atoms with E-state index in [1.807, 2.05) is 0 Å². The minimum Gasteiger partial charge on any atom is -0.338 e. The van der Waals surface area contributed by atoms with Crippen molar-refractivity contribution < 1.29 is 18.0 Å². The number of aromatic nitrogens is 1. The summed E-state index contributed by atoms with van der Waals surface area (Å²) in [6, 6.07) is 0. The van der Waals surface area contributed by atoms with Crippen molar-refractivity contribution in [2.24, 2.45) is 11.3 Å². The van der Waals surface area contributed by atoms with Crippen LogP contribution in [0.15, 0.2) is 5.38 Å². The molecule has 136 valence electrons. The summed E-state index contributed by atoms with van der Waals surface area (Å²) in [6.45, 7) is 1.66. The van der Waals surface area contributed by atoms with Crippen LogP contribution in [-0.2, 0) is 17.5 Å². The molecule has 0 aromatic carbocycles. The standard InChI is InChI=1S/C15H20F3N3OS.ClH/c1-21(7-12-20-11(8-23-12)15(16,17)18)13(22)14-5-3-2-4-10(14)6-19-9-14;/h8,10,19H,2-7,9H2,1H3;1H/t10-,14+;/m0./s1. The average molecular weight is 384 g/mol. The number of halogens is 4. The Hall–Kier alpha value is -0.860. The third-order valence-corrected chi connectivity index (χ3v) is 5.86. The van der Waals surface area contributed by atoms with E-state index < -0.39 is 11.9 Å². The lowest BCUT2D eigenvalue weighted by molar-refractivity contribution is -0.144. The van der Waals surface area contributed by atoms with Crippen molar-refractivity contribution in [1.82, 2.24) is 15.2 Å². The van der Waals surface area contributed by atoms with E-state index in [4.69, 9.17) is 0 Å². The van der Waals surface area contributed by atoms with Crippen LogP contribution in [0.3, 0.4) is 0 Å². The average Bonchev–Trinajstić information content (AvgIpc) is 3.12. The number of nitrogens with one attached hydrogen (secondary N) is 1. The lowest BCUT2D eigenvalue weighted by Crippen LogP contribution is -2.48. The van der Waals surface area contributed by atoms with Gasteiger partial charge in [-0.1, -0.05) is 12.8 Å². The highest BCUT2D eigenvalue weighted by atomic mass is 35.5. The third kappa shape index (κ3) is 3.55. The Kier molecular flexibility index (Phi) is 5.82. The molecule has 0 bridgehead atoms. The summed E-state index contributed by atoms with van der Waals surface area (Å²) in [4.78, 5) is 18.1. The molecule has 9 heteroatoms. The van der Waals surface area contributed by atoms with Gasteiger partial charge in [-0.25, -0.2) is 4.98 Å². The Morgan fingerprint density at radius 2 is 2.25 bits per heavy atom. The van der Waals surface area contributed by atoms with Crippen LogP contribution in [0.4, 0.5) is 13.2 Å². The number of nitrogens with zero attached hydrogens (tertiary/aromatic N) is 2. The van der Waals surface area contributed by atoms with E-state index in [9.17, 15) is 18.0 Å². The van der Waals surface area contributed by atoms with Crippen LogP contribution in [0.5, 0.6) is 0 Å². The highest BCUT2D eigenvalue weighted by Gasteiger charge is 2.50. The fourth-order valence-corrected chi connectivity index (χ4v) is 4.69. The molecule has 2 heterocycles. The van der Waals surface area contributed by atoms with Gasteiger partial charge in [-0.3, -0.25) is 4.79 Å². The maximum absolute atomic E-state index is 13.0. The maximum atomic E-state index is 13.0. The van der Waals surface area contributed by atoms with Crippen LogP contribution in [-0.4, -0.2) is 35.9 Å². The van der Waals surface area contributed by atoms with Gasteiger partial charge >= 0.3 is 6.18 Å². The third-order valence-electron chi connectivity index (χ3n) is 5.03. The zero-order valence-electron chi connectivity index (χ0n) is 13.4. The Bertz CT molecular complexity index is 595. The molecular formula is C15H21ClF3N3OS. The lowest BCUT2D eigenvalue weighted by Gasteiger charge is -2.39. The van der Waals surface area contributed by atoms with Gasteiger partial charge in [-0.2, -0.15) is 13.2 Å². The first-order valence-electron chi connectivity index (χ1n) is 7.81. The SMILES string of the molecule is CN(Cc1nc(C(F)(F)F)cs1)C(=O)[C@@]12CCCC[C@H]1CNC2.Cl. The van der Waals surface area contributed by atoms with E-state index in [0.717, 1.165) is 48.9 Å². The van der Waals surface area contributed by atoms with Gasteiger partial charge in [0.15, 0.2) is 5.69 Å². The number of fused-ring (bicyclic) bond motifs is 1. The number of amides is 1. The molecule has 1 saturated carbocycles. The van der Waals surface area contributed by atoms with Gasteiger partial charge in [0.05, 0.1) is 12.0 Å². The summed E-state index contributed by atoms with van der Waals surface area (Å²) < 4.78 is 37.9. The van der Waals surface area contributed by atoms with Crippen molar-refractivity contribution in [2.45, 2.75) is 38.4 Å². The van der Waals surface area contributed by atoms with E-state index in [-0.39, 0.29) is 30.3 Å². The molecule has 3 rings (SSSR count). The Morgan fingerprint density at radius 3 is 2.92 bits per heavy atom. The van der Waals surface area contributed by atoms with Gasteiger partial charge in [0.25, 0.3) is 0 Å². The summed E-state index contributed by atoms with van der Waals surface area (Å²) in [5, 5.41) is 4.65. The zero-order chi connectivity index (χ0) is 16.7. The molecule has 2 fully saturated rings. The molecule has 1 N–H and O–H groups in total. The fraction of sp³-hybridized carbons (Fsp3) is 0.733. The van der Waals surface area contributed by atoms with E-state index >= 15 is 0 Å². The van der Waals surface area contributed by atoms with Crippen molar-refractivity contribution in [3.05, 3.63) is 16.1 Å². The summed E-state index contributed by atoms with van der Waals surface area (Å²) in [5.74, 6) is 0.379. The lowest BCUT2D eigenvalue weighted by atomic mass is 9.67. The second-order valence-corrected chi connectivity index (χ2v) is 7.46. The number of thiazole rings is 1. The number of hydrogen-bond acceptors (Lipinski definition) is 4. The predicted octanol–water partition coefficient (Wildman–Crippen LogP) is 3.32. The first-order valence-corrected chi connectivity index (χ1v) is 8.69. The van der Waals surface area contributed by atoms with E-state index in [1.54, 1.807) is 11.9 Å². The minimum absolute atomic E-state index is 0. The molecule has 2 aliphatic rings. The van der Waals surface area contributed by atoms with E-state index in [2.05, 4.69) is 10.3 Å². The van der Waals surface area contributed by atoms with Crippen molar-refractivity contribution in [3.63, 3.8) is 0 Å². The topological polar surface area (TPSA) is 45.2 Å². The van der Waals surface area contributed by atoms with Crippen LogP contribution in [0.2, 0.25) is 0 Å². The maximum Gasteiger partial charge on any atom is 0.434 e. The van der Waals surface area contributed by atoms with Crippen LogP contribution in [0.25, 0.3) is 0 Å².